The predicted molar refractivity (Wildman–Crippen MR) is 63.2 cm³/mol. The first kappa shape index (κ1) is 12.0. The van der Waals surface area contributed by atoms with Gasteiger partial charge in [0, 0.05) is 11.8 Å². The van der Waals surface area contributed by atoms with E-state index < -0.39 is 5.97 Å². The van der Waals surface area contributed by atoms with Gasteiger partial charge in [0.25, 0.3) is 0 Å². The number of hydrogen-bond donors (Lipinski definition) is 1. The first-order chi connectivity index (χ1) is 8.61. The van der Waals surface area contributed by atoms with Crippen LogP contribution < -0.4 is 5.73 Å². The van der Waals surface area contributed by atoms with Crippen LogP contribution in [0.25, 0.3) is 11.4 Å². The van der Waals surface area contributed by atoms with E-state index in [1.165, 1.54) is 37.6 Å². The summed E-state index contributed by atoms with van der Waals surface area (Å²) in [5.74, 6) is -0.604. The minimum atomic E-state index is -0.599. The Bertz CT molecular complexity index is 584. The number of nitrogens with two attached hydrogens (primary N) is 1. The van der Waals surface area contributed by atoms with Gasteiger partial charge in [-0.25, -0.2) is 19.2 Å². The first-order valence-corrected chi connectivity index (χ1v) is 5.08. The summed E-state index contributed by atoms with van der Waals surface area (Å²) in [6.45, 7) is 0. The molecule has 0 atom stereocenters. The Morgan fingerprint density at radius 3 is 2.56 bits per heavy atom. The number of rotatable bonds is 2. The Morgan fingerprint density at radius 2 is 2.00 bits per heavy atom. The van der Waals surface area contributed by atoms with Crippen LogP contribution >= 0.6 is 0 Å². The lowest BCUT2D eigenvalue weighted by atomic mass is 10.2. The molecule has 0 aliphatic rings. The van der Waals surface area contributed by atoms with E-state index in [1.54, 1.807) is 0 Å². The summed E-state index contributed by atoms with van der Waals surface area (Å²) < 4.78 is 17.3. The zero-order valence-electron chi connectivity index (χ0n) is 9.55. The van der Waals surface area contributed by atoms with Crippen LogP contribution in [-0.2, 0) is 4.74 Å². The van der Waals surface area contributed by atoms with E-state index >= 15 is 0 Å². The van der Waals surface area contributed by atoms with Gasteiger partial charge in [-0.1, -0.05) is 0 Å². The van der Waals surface area contributed by atoms with Crippen molar-refractivity contribution in [3.05, 3.63) is 41.8 Å². The van der Waals surface area contributed by atoms with E-state index in [-0.39, 0.29) is 17.2 Å². The molecule has 0 unspecified atom stereocenters. The number of hydrogen-bond acceptors (Lipinski definition) is 5. The molecule has 0 saturated heterocycles. The van der Waals surface area contributed by atoms with Gasteiger partial charge in [0.05, 0.1) is 7.11 Å². The molecule has 2 aromatic rings. The van der Waals surface area contributed by atoms with Crippen LogP contribution in [-0.4, -0.2) is 23.0 Å². The zero-order valence-corrected chi connectivity index (χ0v) is 9.55. The van der Waals surface area contributed by atoms with Crippen molar-refractivity contribution in [2.75, 3.05) is 12.8 Å². The smallest absolute Gasteiger partial charge is 0.343 e. The molecule has 0 amide bonds. The fourth-order valence-corrected chi connectivity index (χ4v) is 1.40. The average molecular weight is 247 g/mol. The van der Waals surface area contributed by atoms with Crippen molar-refractivity contribution in [2.45, 2.75) is 0 Å². The number of methoxy groups -OCH3 is 1. The Kier molecular flexibility index (Phi) is 3.18. The van der Waals surface area contributed by atoms with Crippen molar-refractivity contribution in [3.8, 4) is 11.4 Å². The van der Waals surface area contributed by atoms with Crippen LogP contribution in [0.4, 0.5) is 10.2 Å². The molecule has 0 saturated carbocycles. The van der Waals surface area contributed by atoms with Gasteiger partial charge < -0.3 is 10.5 Å². The first-order valence-electron chi connectivity index (χ1n) is 5.08. The zero-order chi connectivity index (χ0) is 13.1. The Morgan fingerprint density at radius 1 is 1.33 bits per heavy atom. The van der Waals surface area contributed by atoms with Crippen molar-refractivity contribution < 1.29 is 13.9 Å². The highest BCUT2D eigenvalue weighted by molar-refractivity contribution is 5.93. The molecule has 2 rings (SSSR count). The minimum absolute atomic E-state index is 0.0242. The van der Waals surface area contributed by atoms with E-state index in [0.29, 0.717) is 11.4 Å². The highest BCUT2D eigenvalue weighted by Crippen LogP contribution is 2.18. The molecule has 0 fully saturated rings. The fraction of sp³-hybridized carbons (Fsp3) is 0.0833. The quantitative estimate of drug-likeness (QED) is 0.816. The average Bonchev–Trinajstić information content (AvgIpc) is 2.38. The second-order valence-corrected chi connectivity index (χ2v) is 3.49. The third-order valence-electron chi connectivity index (χ3n) is 2.33. The maximum absolute atomic E-state index is 12.8. The number of ether oxygens (including phenoxy) is 1. The van der Waals surface area contributed by atoms with Crippen LogP contribution in [0.5, 0.6) is 0 Å². The molecule has 1 heterocycles. The largest absolute Gasteiger partial charge is 0.465 e. The van der Waals surface area contributed by atoms with Gasteiger partial charge in [-0.15, -0.1) is 0 Å². The van der Waals surface area contributed by atoms with E-state index in [0.717, 1.165) is 0 Å². The molecule has 0 spiro atoms. The van der Waals surface area contributed by atoms with E-state index in [4.69, 9.17) is 5.73 Å². The van der Waals surface area contributed by atoms with Crippen molar-refractivity contribution in [3.63, 3.8) is 0 Å². The fourth-order valence-electron chi connectivity index (χ4n) is 1.40. The van der Waals surface area contributed by atoms with E-state index in [9.17, 15) is 9.18 Å². The normalized spacial score (nSPS) is 10.1. The predicted octanol–water partition coefficient (Wildman–Crippen LogP) is 1.65. The second kappa shape index (κ2) is 4.79. The van der Waals surface area contributed by atoms with Gasteiger partial charge in [-0.2, -0.15) is 0 Å². The number of aromatic nitrogens is 2. The lowest BCUT2D eigenvalue weighted by molar-refractivity contribution is 0.0601. The molecule has 6 heteroatoms. The third-order valence-corrected chi connectivity index (χ3v) is 2.33. The van der Waals surface area contributed by atoms with Crippen molar-refractivity contribution in [1.82, 2.24) is 9.97 Å². The van der Waals surface area contributed by atoms with Gasteiger partial charge >= 0.3 is 5.97 Å². The summed E-state index contributed by atoms with van der Waals surface area (Å²) in [5, 5.41) is 0. The van der Waals surface area contributed by atoms with Gasteiger partial charge in [0.1, 0.15) is 17.2 Å². The maximum Gasteiger partial charge on any atom is 0.343 e. The number of nitrogen functional groups attached to an aromatic ring is 1. The highest BCUT2D eigenvalue weighted by atomic mass is 19.1. The van der Waals surface area contributed by atoms with Gasteiger partial charge in [-0.3, -0.25) is 0 Å². The summed E-state index contributed by atoms with van der Waals surface area (Å²) >= 11 is 0. The van der Waals surface area contributed by atoms with E-state index in [2.05, 4.69) is 14.7 Å². The topological polar surface area (TPSA) is 78.1 Å². The van der Waals surface area contributed by atoms with Crippen LogP contribution in [0.3, 0.4) is 0 Å². The number of carbonyl (C=O) groups is 1. The van der Waals surface area contributed by atoms with Crippen LogP contribution in [0.2, 0.25) is 0 Å². The van der Waals surface area contributed by atoms with Crippen LogP contribution in [0.15, 0.2) is 30.5 Å². The number of nitrogens with zero attached hydrogens (tertiary/aromatic N) is 2. The SMILES string of the molecule is COC(=O)c1cnc(-c2ccc(F)cc2)nc1N. The van der Waals surface area contributed by atoms with Gasteiger partial charge in [0.2, 0.25) is 0 Å². The minimum Gasteiger partial charge on any atom is -0.465 e. The number of benzene rings is 1. The Labute approximate surface area is 102 Å². The van der Waals surface area contributed by atoms with Crippen molar-refractivity contribution in [2.24, 2.45) is 0 Å². The molecule has 0 aliphatic heterocycles. The summed E-state index contributed by atoms with van der Waals surface area (Å²) in [4.78, 5) is 19.3. The molecular weight excluding hydrogens is 237 g/mol. The lowest BCUT2D eigenvalue weighted by Gasteiger charge is -2.05. The summed E-state index contributed by atoms with van der Waals surface area (Å²) in [7, 11) is 1.25. The molecule has 5 nitrogen and oxygen atoms in total. The molecule has 0 aliphatic carbocycles. The molecule has 1 aromatic heterocycles. The molecule has 18 heavy (non-hydrogen) atoms. The number of esters is 1. The maximum atomic E-state index is 12.8. The molecule has 0 radical (unpaired) electrons. The second-order valence-electron chi connectivity index (χ2n) is 3.49. The molecular formula is C12H10FN3O2. The van der Waals surface area contributed by atoms with Crippen molar-refractivity contribution >= 4 is 11.8 Å². The van der Waals surface area contributed by atoms with Crippen LogP contribution in [0.1, 0.15) is 10.4 Å². The monoisotopic (exact) mass is 247 g/mol. The molecule has 1 aromatic carbocycles. The summed E-state index contributed by atoms with van der Waals surface area (Å²) in [6, 6.07) is 5.65. The summed E-state index contributed by atoms with van der Waals surface area (Å²) in [5.41, 5.74) is 6.35. The highest BCUT2D eigenvalue weighted by Gasteiger charge is 2.13. The number of carbonyl (C=O) groups excluding carboxylic acids is 1. The summed E-state index contributed by atoms with van der Waals surface area (Å²) in [6.07, 6.45) is 1.28. The van der Waals surface area contributed by atoms with Gasteiger partial charge in [-0.05, 0) is 24.3 Å². The number of anilines is 1. The van der Waals surface area contributed by atoms with Crippen LogP contribution in [0, 0.1) is 5.82 Å². The van der Waals surface area contributed by atoms with E-state index in [1.807, 2.05) is 0 Å². The standard InChI is InChI=1S/C12H10FN3O2/c1-18-12(17)9-6-15-11(16-10(9)14)7-2-4-8(13)5-3-7/h2-6H,1H3,(H2,14,15,16). The molecule has 92 valence electrons. The third kappa shape index (κ3) is 2.27. The lowest BCUT2D eigenvalue weighted by Crippen LogP contribution is -2.09. The van der Waals surface area contributed by atoms with Crippen molar-refractivity contribution in [1.29, 1.82) is 0 Å². The Hall–Kier alpha value is -2.50. The number of halogens is 1. The molecule has 2 N–H and O–H groups in total. The Balaban J connectivity index is 2.40. The van der Waals surface area contributed by atoms with Gasteiger partial charge in [0.15, 0.2) is 5.82 Å². The molecule has 0 bridgehead atoms.